The Morgan fingerprint density at radius 1 is 1.22 bits per heavy atom. The van der Waals surface area contributed by atoms with Gasteiger partial charge in [0, 0.05) is 24.3 Å². The molecule has 4 N–H and O–H groups in total. The molecule has 3 rings (SSSR count). The Morgan fingerprint density at radius 3 is 2.44 bits per heavy atom. The fraction of sp³-hybridized carbons (Fsp3) is 0.409. The molecule has 0 saturated carbocycles. The number of aryl methyl sites for hydroxylation is 1. The molecule has 1 fully saturated rings. The van der Waals surface area contributed by atoms with Crippen molar-refractivity contribution in [2.24, 2.45) is 0 Å². The predicted molar refractivity (Wildman–Crippen MR) is 124 cm³/mol. The maximum atomic E-state index is 12.8. The van der Waals surface area contributed by atoms with Crippen LogP contribution in [-0.4, -0.2) is 47.8 Å². The Hall–Kier alpha value is -3.78. The van der Waals surface area contributed by atoms with Crippen LogP contribution in [0.2, 0.25) is 0 Å². The first kappa shape index (κ1) is 26.8. The maximum Gasteiger partial charge on any atom is 0.355 e. The normalized spacial score (nSPS) is 14.8. The Balaban J connectivity index is 1.85. The first-order chi connectivity index (χ1) is 16.8. The minimum Gasteiger partial charge on any atom is -0.422 e. The minimum absolute atomic E-state index is 0.0455. The van der Waals surface area contributed by atoms with E-state index in [4.69, 9.17) is 15.0 Å². The van der Waals surface area contributed by atoms with E-state index in [1.54, 1.807) is 0 Å². The van der Waals surface area contributed by atoms with Crippen LogP contribution in [0.5, 0.6) is 0 Å². The van der Waals surface area contributed by atoms with Crippen molar-refractivity contribution in [3.8, 4) is 0 Å². The van der Waals surface area contributed by atoms with E-state index in [9.17, 15) is 36.9 Å². The molecule has 0 spiro atoms. The Labute approximate surface area is 205 Å². The van der Waals surface area contributed by atoms with Gasteiger partial charge < -0.3 is 20.3 Å². The highest BCUT2D eigenvalue weighted by atomic mass is 32.2. The number of carbonyl (C=O) groups is 4. The van der Waals surface area contributed by atoms with Gasteiger partial charge in [-0.15, -0.1) is 5.06 Å². The smallest absolute Gasteiger partial charge is 0.355 e. The van der Waals surface area contributed by atoms with Crippen LogP contribution in [0.3, 0.4) is 0 Å². The standard InChI is InChI=1S/C22H25N3O10S/c1-3-4-5-15(22(30)35-25-19(27)6-7-20(25)28)24-18(26)9-13-11(2)12-8-17(36(31,32)33)14(23)10-16(12)34-21(13)29/h8,10,15H,3-7,9,23H2,1-2H3,(H,24,26)(H,31,32,33). The summed E-state index contributed by atoms with van der Waals surface area (Å²) in [5.41, 5.74) is 4.48. The van der Waals surface area contributed by atoms with Gasteiger partial charge in [0.2, 0.25) is 5.91 Å². The fourth-order valence-corrected chi connectivity index (χ4v) is 4.36. The largest absolute Gasteiger partial charge is 0.422 e. The molecule has 13 nitrogen and oxygen atoms in total. The number of hydrogen-bond acceptors (Lipinski definition) is 10. The number of nitrogens with two attached hydrogens (primary N) is 1. The van der Waals surface area contributed by atoms with Crippen LogP contribution in [-0.2, 0) is 40.6 Å². The number of carbonyl (C=O) groups excluding carboxylic acids is 4. The van der Waals surface area contributed by atoms with Crippen molar-refractivity contribution in [1.29, 1.82) is 0 Å². The van der Waals surface area contributed by atoms with E-state index in [2.05, 4.69) is 5.32 Å². The molecule has 0 bridgehead atoms. The summed E-state index contributed by atoms with van der Waals surface area (Å²) in [6.07, 6.45) is 0.639. The van der Waals surface area contributed by atoms with Crippen LogP contribution in [0.1, 0.15) is 50.2 Å². The van der Waals surface area contributed by atoms with Gasteiger partial charge in [-0.1, -0.05) is 19.8 Å². The quantitative estimate of drug-likeness (QED) is 0.181. The van der Waals surface area contributed by atoms with E-state index < -0.39 is 56.8 Å². The summed E-state index contributed by atoms with van der Waals surface area (Å²) in [6.45, 7) is 3.31. The third-order valence-corrected chi connectivity index (χ3v) is 6.60. The first-order valence-electron chi connectivity index (χ1n) is 11.0. The van der Waals surface area contributed by atoms with Crippen LogP contribution in [0.15, 0.2) is 26.2 Å². The number of rotatable bonds is 9. The monoisotopic (exact) mass is 523 g/mol. The van der Waals surface area contributed by atoms with Crippen LogP contribution < -0.4 is 16.7 Å². The summed E-state index contributed by atoms with van der Waals surface area (Å²) in [5.74, 6) is -3.09. The lowest BCUT2D eigenvalue weighted by Gasteiger charge is -2.20. The topological polar surface area (TPSA) is 203 Å². The van der Waals surface area contributed by atoms with Crippen molar-refractivity contribution in [2.45, 2.75) is 63.3 Å². The molecule has 1 aliphatic heterocycles. The maximum absolute atomic E-state index is 12.8. The lowest BCUT2D eigenvalue weighted by molar-refractivity contribution is -0.199. The number of imide groups is 1. The molecule has 14 heteroatoms. The predicted octanol–water partition coefficient (Wildman–Crippen LogP) is 0.755. The lowest BCUT2D eigenvalue weighted by Crippen LogP contribution is -2.46. The second kappa shape index (κ2) is 10.5. The Kier molecular flexibility index (Phi) is 7.79. The Morgan fingerprint density at radius 2 is 1.86 bits per heavy atom. The van der Waals surface area contributed by atoms with Crippen LogP contribution in [0, 0.1) is 6.92 Å². The van der Waals surface area contributed by atoms with E-state index in [1.807, 2.05) is 6.92 Å². The van der Waals surface area contributed by atoms with Crippen molar-refractivity contribution in [3.05, 3.63) is 33.7 Å². The highest BCUT2D eigenvalue weighted by Crippen LogP contribution is 2.28. The average molecular weight is 524 g/mol. The number of nitrogens with zero attached hydrogens (tertiary/aromatic N) is 1. The lowest BCUT2D eigenvalue weighted by atomic mass is 10.0. The number of nitrogen functional groups attached to an aromatic ring is 1. The summed E-state index contributed by atoms with van der Waals surface area (Å²) in [7, 11) is -4.67. The molecule has 1 aliphatic rings. The number of amides is 3. The van der Waals surface area contributed by atoms with Gasteiger partial charge in [0.1, 0.15) is 16.5 Å². The highest BCUT2D eigenvalue weighted by Gasteiger charge is 2.35. The second-order valence-electron chi connectivity index (χ2n) is 8.29. The number of anilines is 1. The third-order valence-electron chi connectivity index (χ3n) is 5.69. The summed E-state index contributed by atoms with van der Waals surface area (Å²) in [5, 5.41) is 2.97. The highest BCUT2D eigenvalue weighted by molar-refractivity contribution is 7.86. The summed E-state index contributed by atoms with van der Waals surface area (Å²) < 4.78 is 37.8. The molecule has 2 heterocycles. The van der Waals surface area contributed by atoms with Crippen LogP contribution in [0.25, 0.3) is 11.0 Å². The molecule has 1 saturated heterocycles. The second-order valence-corrected chi connectivity index (χ2v) is 9.68. The summed E-state index contributed by atoms with van der Waals surface area (Å²) in [6, 6.07) is 0.914. The third kappa shape index (κ3) is 5.71. The van der Waals surface area contributed by atoms with E-state index in [1.165, 1.54) is 6.92 Å². The zero-order valence-electron chi connectivity index (χ0n) is 19.5. The minimum atomic E-state index is -4.67. The molecule has 1 aromatic heterocycles. The molecule has 1 aromatic carbocycles. The molecule has 0 radical (unpaired) electrons. The van der Waals surface area contributed by atoms with Crippen LogP contribution >= 0.6 is 0 Å². The molecule has 36 heavy (non-hydrogen) atoms. The number of hydrogen-bond donors (Lipinski definition) is 3. The number of unbranched alkanes of at least 4 members (excludes halogenated alkanes) is 1. The van der Waals surface area contributed by atoms with E-state index in [-0.39, 0.29) is 47.0 Å². The van der Waals surface area contributed by atoms with Gasteiger partial charge in [-0.3, -0.25) is 18.9 Å². The zero-order chi connectivity index (χ0) is 26.8. The van der Waals surface area contributed by atoms with Gasteiger partial charge in [-0.25, -0.2) is 9.59 Å². The van der Waals surface area contributed by atoms with Gasteiger partial charge in [0.15, 0.2) is 0 Å². The number of fused-ring (bicyclic) bond motifs is 1. The van der Waals surface area contributed by atoms with Crippen molar-refractivity contribution in [3.63, 3.8) is 0 Å². The number of hydroxylamine groups is 2. The number of nitrogens with one attached hydrogen (secondary N) is 1. The van der Waals surface area contributed by atoms with Gasteiger partial charge in [0.05, 0.1) is 17.7 Å². The van der Waals surface area contributed by atoms with Crippen molar-refractivity contribution in [2.75, 3.05) is 5.73 Å². The number of benzene rings is 1. The van der Waals surface area contributed by atoms with Crippen molar-refractivity contribution >= 4 is 50.5 Å². The molecule has 1 atom stereocenters. The van der Waals surface area contributed by atoms with Gasteiger partial charge in [0.25, 0.3) is 21.9 Å². The van der Waals surface area contributed by atoms with E-state index in [0.717, 1.165) is 12.1 Å². The summed E-state index contributed by atoms with van der Waals surface area (Å²) in [4.78, 5) is 65.7. The summed E-state index contributed by atoms with van der Waals surface area (Å²) >= 11 is 0. The molecule has 0 aliphatic carbocycles. The van der Waals surface area contributed by atoms with E-state index >= 15 is 0 Å². The molecular weight excluding hydrogens is 498 g/mol. The SMILES string of the molecule is CCCCC(NC(=O)Cc1c(C)c2cc(S(=O)(=O)O)c(N)cc2oc1=O)C(=O)ON1C(=O)CCC1=O. The van der Waals surface area contributed by atoms with Gasteiger partial charge >= 0.3 is 11.6 Å². The zero-order valence-corrected chi connectivity index (χ0v) is 20.3. The van der Waals surface area contributed by atoms with Gasteiger partial charge in [-0.2, -0.15) is 8.42 Å². The van der Waals surface area contributed by atoms with Crippen molar-refractivity contribution < 1.29 is 41.4 Å². The molecule has 2 aromatic rings. The molecule has 194 valence electrons. The molecule has 1 unspecified atom stereocenters. The van der Waals surface area contributed by atoms with Gasteiger partial charge in [-0.05, 0) is 25.0 Å². The Bertz CT molecular complexity index is 1400. The van der Waals surface area contributed by atoms with E-state index in [0.29, 0.717) is 17.9 Å². The fourth-order valence-electron chi connectivity index (χ4n) is 3.73. The molecule has 3 amide bonds. The van der Waals surface area contributed by atoms with Crippen LogP contribution in [0.4, 0.5) is 5.69 Å². The van der Waals surface area contributed by atoms with Crippen molar-refractivity contribution in [1.82, 2.24) is 10.4 Å². The molecular formula is C22H25N3O10S. The average Bonchev–Trinajstić information content (AvgIpc) is 3.10. The first-order valence-corrected chi connectivity index (χ1v) is 12.5.